The van der Waals surface area contributed by atoms with Crippen molar-refractivity contribution in [3.8, 4) is 0 Å². The van der Waals surface area contributed by atoms with Crippen LogP contribution in [0.3, 0.4) is 0 Å². The Morgan fingerprint density at radius 2 is 0.882 bits per heavy atom. The molecule has 0 atom stereocenters. The van der Waals surface area contributed by atoms with Gasteiger partial charge in [0.2, 0.25) is 0 Å². The Kier molecular flexibility index (Phi) is 8.27. The molecule has 3 heteroatoms. The number of rotatable bonds is 5. The van der Waals surface area contributed by atoms with E-state index in [2.05, 4.69) is 119 Å². The summed E-state index contributed by atoms with van der Waals surface area (Å²) in [5.74, 6) is 1.95. The first-order valence-corrected chi connectivity index (χ1v) is 20.5. The molecular formula is C48H51BN2. The molecule has 0 radical (unpaired) electrons. The molecule has 3 fully saturated rings. The molecule has 51 heavy (non-hydrogen) atoms. The van der Waals surface area contributed by atoms with Gasteiger partial charge in [0, 0.05) is 34.1 Å². The largest absolute Gasteiger partial charge is 0.311 e. The fraction of sp³-hybridized carbons (Fsp3) is 0.375. The van der Waals surface area contributed by atoms with Crippen molar-refractivity contribution in [2.75, 3.05) is 9.80 Å². The number of hydrogen-bond donors (Lipinski definition) is 0. The predicted octanol–water partition coefficient (Wildman–Crippen LogP) is 11.9. The van der Waals surface area contributed by atoms with Gasteiger partial charge < -0.3 is 9.80 Å². The summed E-state index contributed by atoms with van der Waals surface area (Å²) in [5.41, 5.74) is 17.0. The van der Waals surface area contributed by atoms with E-state index in [4.69, 9.17) is 0 Å². The number of hydrogen-bond acceptors (Lipinski definition) is 2. The molecule has 0 amide bonds. The maximum absolute atomic E-state index is 2.66. The molecule has 0 spiro atoms. The van der Waals surface area contributed by atoms with E-state index in [1.54, 1.807) is 0 Å². The highest BCUT2D eigenvalue weighted by atomic mass is 15.2. The summed E-state index contributed by atoms with van der Waals surface area (Å²) in [6, 6.07) is 43.2. The van der Waals surface area contributed by atoms with Gasteiger partial charge in [-0.3, -0.25) is 0 Å². The Balaban J connectivity index is 1.23. The van der Waals surface area contributed by atoms with Crippen LogP contribution >= 0.6 is 0 Å². The lowest BCUT2D eigenvalue weighted by Crippen LogP contribution is -2.61. The zero-order chi connectivity index (χ0) is 33.7. The number of fused-ring (bicyclic) bond motifs is 4. The number of nitrogens with zero attached hydrogens (tertiary/aromatic N) is 2. The van der Waals surface area contributed by atoms with Gasteiger partial charge in [-0.25, -0.2) is 0 Å². The zero-order valence-corrected chi connectivity index (χ0v) is 30.2. The Hall–Kier alpha value is -4.24. The average molecular weight is 667 g/mol. The average Bonchev–Trinajstić information content (AvgIpc) is 3.21. The third-order valence-electron chi connectivity index (χ3n) is 13.4. The fourth-order valence-electron chi connectivity index (χ4n) is 10.8. The molecule has 0 saturated heterocycles. The van der Waals surface area contributed by atoms with Gasteiger partial charge >= 0.3 is 0 Å². The molecule has 2 nitrogen and oxygen atoms in total. The summed E-state index contributed by atoms with van der Waals surface area (Å²) in [5, 5.41) is 0. The molecule has 2 aliphatic heterocycles. The van der Waals surface area contributed by atoms with Gasteiger partial charge in [-0.1, -0.05) is 118 Å². The lowest BCUT2D eigenvalue weighted by molar-refractivity contribution is 0.443. The van der Waals surface area contributed by atoms with Crippen molar-refractivity contribution >= 4 is 57.2 Å². The van der Waals surface area contributed by atoms with Gasteiger partial charge in [-0.05, 0) is 138 Å². The van der Waals surface area contributed by atoms with Crippen LogP contribution in [0.4, 0.5) is 34.1 Å². The first kappa shape index (κ1) is 31.5. The minimum atomic E-state index is 0.194. The summed E-state index contributed by atoms with van der Waals surface area (Å²) in [6.07, 6.45) is 20.1. The van der Waals surface area contributed by atoms with Gasteiger partial charge in [-0.15, -0.1) is 0 Å². The molecule has 0 unspecified atom stereocenters. The highest BCUT2D eigenvalue weighted by Gasteiger charge is 2.44. The Morgan fingerprint density at radius 3 is 1.55 bits per heavy atom. The van der Waals surface area contributed by atoms with E-state index in [0.717, 1.165) is 0 Å². The van der Waals surface area contributed by atoms with Crippen LogP contribution in [0.25, 0.3) is 0 Å². The second kappa shape index (κ2) is 13.4. The molecule has 2 heterocycles. The van der Waals surface area contributed by atoms with Crippen molar-refractivity contribution in [1.82, 2.24) is 0 Å². The van der Waals surface area contributed by atoms with Crippen molar-refractivity contribution in [3.05, 3.63) is 126 Å². The normalized spacial score (nSPS) is 19.4. The Bertz CT molecular complexity index is 2010. The minimum absolute atomic E-state index is 0.194. The first-order valence-electron chi connectivity index (χ1n) is 20.5. The fourth-order valence-corrected chi connectivity index (χ4v) is 10.8. The molecule has 5 aliphatic rings. The molecule has 0 bridgehead atoms. The first-order chi connectivity index (χ1) is 25.3. The summed E-state index contributed by atoms with van der Waals surface area (Å²) in [7, 11) is 0. The molecule has 3 aliphatic carbocycles. The SMILES string of the molecule is c1ccc(N2c3cc(C4CCCCC4)ccc3B3c4ccccc4N(c4cccc(C5CCCCC5)c4)c4cc(C5CCCCC5)cc2c43)cc1. The third-order valence-corrected chi connectivity index (χ3v) is 13.4. The number of anilines is 6. The van der Waals surface area contributed by atoms with Gasteiger partial charge in [0.25, 0.3) is 6.71 Å². The van der Waals surface area contributed by atoms with Crippen molar-refractivity contribution in [2.24, 2.45) is 0 Å². The third kappa shape index (κ3) is 5.54. The van der Waals surface area contributed by atoms with Crippen LogP contribution in [-0.2, 0) is 0 Å². The molecular weight excluding hydrogens is 615 g/mol. The topological polar surface area (TPSA) is 6.48 Å². The van der Waals surface area contributed by atoms with Crippen LogP contribution in [0, 0.1) is 0 Å². The molecule has 3 saturated carbocycles. The zero-order valence-electron chi connectivity index (χ0n) is 30.2. The quantitative estimate of drug-likeness (QED) is 0.169. The second-order valence-corrected chi connectivity index (χ2v) is 16.4. The van der Waals surface area contributed by atoms with Gasteiger partial charge in [0.15, 0.2) is 0 Å². The Morgan fingerprint density at radius 1 is 0.373 bits per heavy atom. The lowest BCUT2D eigenvalue weighted by Gasteiger charge is -2.45. The van der Waals surface area contributed by atoms with Gasteiger partial charge in [0.1, 0.15) is 0 Å². The molecule has 256 valence electrons. The molecule has 0 aromatic heterocycles. The maximum Gasteiger partial charge on any atom is 0.252 e. The van der Waals surface area contributed by atoms with Crippen LogP contribution in [-0.4, -0.2) is 6.71 Å². The van der Waals surface area contributed by atoms with E-state index in [1.165, 1.54) is 164 Å². The lowest BCUT2D eigenvalue weighted by atomic mass is 9.33. The maximum atomic E-state index is 2.66. The van der Waals surface area contributed by atoms with E-state index in [9.17, 15) is 0 Å². The molecule has 10 rings (SSSR count). The van der Waals surface area contributed by atoms with Crippen molar-refractivity contribution in [1.29, 1.82) is 0 Å². The summed E-state index contributed by atoms with van der Waals surface area (Å²) >= 11 is 0. The molecule has 5 aromatic rings. The summed E-state index contributed by atoms with van der Waals surface area (Å²) in [6.45, 7) is 0.194. The van der Waals surface area contributed by atoms with Crippen LogP contribution in [0.15, 0.2) is 109 Å². The highest BCUT2D eigenvalue weighted by molar-refractivity contribution is 7.00. The van der Waals surface area contributed by atoms with Crippen LogP contribution in [0.1, 0.15) is 131 Å². The van der Waals surface area contributed by atoms with E-state index in [0.29, 0.717) is 17.8 Å². The minimum Gasteiger partial charge on any atom is -0.311 e. The van der Waals surface area contributed by atoms with E-state index in [1.807, 2.05) is 0 Å². The molecule has 5 aromatic carbocycles. The number of para-hydroxylation sites is 2. The van der Waals surface area contributed by atoms with Gasteiger partial charge in [-0.2, -0.15) is 0 Å². The van der Waals surface area contributed by atoms with Crippen molar-refractivity contribution in [3.63, 3.8) is 0 Å². The monoisotopic (exact) mass is 666 g/mol. The van der Waals surface area contributed by atoms with Crippen LogP contribution < -0.4 is 26.2 Å². The van der Waals surface area contributed by atoms with Crippen LogP contribution in [0.2, 0.25) is 0 Å². The molecule has 0 N–H and O–H groups in total. The van der Waals surface area contributed by atoms with Crippen molar-refractivity contribution in [2.45, 2.75) is 114 Å². The standard InChI is InChI=1S/C48H51BN2/c1-5-16-34(17-6-1)37-22-15-25-41(30-37)51-44-27-14-13-26-42(44)49-43-29-28-38(35-18-7-2-8-19-35)31-45(43)50(40-23-11-4-12-24-40)46-32-39(33-47(51)48(46)49)36-20-9-3-10-21-36/h4,11-15,22-36H,1-3,5-10,16-21H2. The predicted molar refractivity (Wildman–Crippen MR) is 218 cm³/mol. The van der Waals surface area contributed by atoms with E-state index < -0.39 is 0 Å². The second-order valence-electron chi connectivity index (χ2n) is 16.4. The van der Waals surface area contributed by atoms with Crippen LogP contribution in [0.5, 0.6) is 0 Å². The summed E-state index contributed by atoms with van der Waals surface area (Å²) in [4.78, 5) is 5.32. The van der Waals surface area contributed by atoms with E-state index >= 15 is 0 Å². The smallest absolute Gasteiger partial charge is 0.252 e. The summed E-state index contributed by atoms with van der Waals surface area (Å²) < 4.78 is 0. The Labute approximate surface area is 306 Å². The highest BCUT2D eigenvalue weighted by Crippen LogP contribution is 2.48. The van der Waals surface area contributed by atoms with E-state index in [-0.39, 0.29) is 6.71 Å². The van der Waals surface area contributed by atoms with Gasteiger partial charge in [0.05, 0.1) is 0 Å². The number of benzene rings is 5. The van der Waals surface area contributed by atoms with Crippen molar-refractivity contribution < 1.29 is 0 Å².